The lowest BCUT2D eigenvalue weighted by atomic mass is 10.0. The first-order chi connectivity index (χ1) is 16.9. The number of pyridine rings is 1. The number of likely N-dealkylation sites (tertiary alicyclic amines) is 1. The molecule has 1 aliphatic heterocycles. The zero-order valence-electron chi connectivity index (χ0n) is 19.9. The van der Waals surface area contributed by atoms with Gasteiger partial charge in [0.1, 0.15) is 5.75 Å². The number of ether oxygens (including phenoxy) is 1. The van der Waals surface area contributed by atoms with E-state index in [1.54, 1.807) is 13.2 Å². The van der Waals surface area contributed by atoms with E-state index in [4.69, 9.17) is 10.00 Å². The van der Waals surface area contributed by atoms with Crippen LogP contribution in [0.3, 0.4) is 0 Å². The quantitative estimate of drug-likeness (QED) is 0.496. The van der Waals surface area contributed by atoms with Crippen molar-refractivity contribution in [2.45, 2.75) is 18.9 Å². The van der Waals surface area contributed by atoms with Crippen LogP contribution in [0.2, 0.25) is 0 Å². The number of carbonyl (C=O) groups is 1. The van der Waals surface area contributed by atoms with Crippen molar-refractivity contribution < 1.29 is 13.9 Å². The number of carbonyl (C=O) groups excluding carboxylic acids is 1. The number of likely N-dealkylation sites (N-methyl/N-ethyl adjacent to an activating group) is 1. The van der Waals surface area contributed by atoms with Gasteiger partial charge in [-0.1, -0.05) is 24.8 Å². The summed E-state index contributed by atoms with van der Waals surface area (Å²) in [7, 11) is 3.58. The Morgan fingerprint density at radius 2 is 2.11 bits per heavy atom. The van der Waals surface area contributed by atoms with Crippen LogP contribution in [0, 0.1) is 17.1 Å². The van der Waals surface area contributed by atoms with Gasteiger partial charge in [-0.3, -0.25) is 4.79 Å². The summed E-state index contributed by atoms with van der Waals surface area (Å²) in [5.74, 6) is -0.551. The van der Waals surface area contributed by atoms with Crippen molar-refractivity contribution in [3.8, 4) is 23.1 Å². The highest BCUT2D eigenvalue weighted by Crippen LogP contribution is 2.35. The first kappa shape index (κ1) is 24.2. The molecule has 0 aliphatic carbocycles. The molecule has 7 nitrogen and oxygen atoms in total. The molecule has 1 saturated heterocycles. The third-order valence-corrected chi connectivity index (χ3v) is 6.16. The highest BCUT2D eigenvalue weighted by molar-refractivity contribution is 5.99. The van der Waals surface area contributed by atoms with Gasteiger partial charge in [-0.05, 0) is 56.1 Å². The number of rotatable bonds is 7. The average Bonchev–Trinajstić information content (AvgIpc) is 2.86. The van der Waals surface area contributed by atoms with Gasteiger partial charge in [-0.25, -0.2) is 9.37 Å². The molecule has 2 N–H and O–H groups in total. The molecule has 4 rings (SSSR count). The molecule has 1 atom stereocenters. The normalized spacial score (nSPS) is 15.9. The molecule has 1 amide bonds. The number of halogens is 1. The Bertz CT molecular complexity index is 1320. The number of nitrogens with one attached hydrogen (secondary N) is 2. The summed E-state index contributed by atoms with van der Waals surface area (Å²) >= 11 is 0. The van der Waals surface area contributed by atoms with Crippen LogP contribution < -0.4 is 15.4 Å². The first-order valence-electron chi connectivity index (χ1n) is 11.5. The SMILES string of the molecule is C=C(C#N)CNc1c(OC)ccc2ccc(-c3ccc(F)c(C(=O)NC4CCCN(C)C4)n3)cc12. The van der Waals surface area contributed by atoms with Crippen LogP contribution in [-0.4, -0.2) is 55.6 Å². The predicted molar refractivity (Wildman–Crippen MR) is 135 cm³/mol. The summed E-state index contributed by atoms with van der Waals surface area (Å²) in [5.41, 5.74) is 2.09. The second-order valence-electron chi connectivity index (χ2n) is 8.75. The summed E-state index contributed by atoms with van der Waals surface area (Å²) in [6, 6.07) is 14.3. The highest BCUT2D eigenvalue weighted by atomic mass is 19.1. The van der Waals surface area contributed by atoms with Crippen molar-refractivity contribution in [1.82, 2.24) is 15.2 Å². The molecule has 3 aromatic rings. The number of fused-ring (bicyclic) bond motifs is 1. The standard InChI is InChI=1S/C27H28FN5O2/c1-17(14-29)15-30-25-21-13-19(7-6-18(21)8-11-24(25)35-3)23-10-9-22(28)26(32-23)27(34)31-20-5-4-12-33(2)16-20/h6-11,13,20,30H,1,4-5,12,15-16H2,2-3H3,(H,31,34). The number of nitriles is 1. The van der Waals surface area contributed by atoms with Crippen LogP contribution in [0.4, 0.5) is 10.1 Å². The molecular formula is C27H28FN5O2. The molecular weight excluding hydrogens is 445 g/mol. The van der Waals surface area contributed by atoms with E-state index in [1.165, 1.54) is 6.07 Å². The molecule has 1 unspecified atom stereocenters. The largest absolute Gasteiger partial charge is 0.495 e. The molecule has 0 bridgehead atoms. The van der Waals surface area contributed by atoms with Gasteiger partial charge in [0.25, 0.3) is 5.91 Å². The summed E-state index contributed by atoms with van der Waals surface area (Å²) in [4.78, 5) is 19.4. The zero-order valence-corrected chi connectivity index (χ0v) is 19.9. The van der Waals surface area contributed by atoms with E-state index in [1.807, 2.05) is 43.4 Å². The first-order valence-corrected chi connectivity index (χ1v) is 11.5. The van der Waals surface area contributed by atoms with Gasteiger partial charge in [-0.15, -0.1) is 0 Å². The third kappa shape index (κ3) is 5.42. The van der Waals surface area contributed by atoms with Gasteiger partial charge >= 0.3 is 0 Å². The van der Waals surface area contributed by atoms with Gasteiger partial charge < -0.3 is 20.3 Å². The van der Waals surface area contributed by atoms with Crippen LogP contribution >= 0.6 is 0 Å². The van der Waals surface area contributed by atoms with Crippen molar-refractivity contribution >= 4 is 22.4 Å². The van der Waals surface area contributed by atoms with E-state index in [-0.39, 0.29) is 18.3 Å². The van der Waals surface area contributed by atoms with Gasteiger partial charge in [-0.2, -0.15) is 5.26 Å². The van der Waals surface area contributed by atoms with Gasteiger partial charge in [0.05, 0.1) is 24.6 Å². The molecule has 2 heterocycles. The molecule has 1 fully saturated rings. The van der Waals surface area contributed by atoms with Crippen molar-refractivity contribution in [3.05, 3.63) is 66.1 Å². The second-order valence-corrected chi connectivity index (χ2v) is 8.75. The van der Waals surface area contributed by atoms with E-state index >= 15 is 0 Å². The molecule has 180 valence electrons. The Morgan fingerprint density at radius 3 is 2.86 bits per heavy atom. The minimum atomic E-state index is -0.657. The van der Waals surface area contributed by atoms with Crippen molar-refractivity contribution in [3.63, 3.8) is 0 Å². The maximum atomic E-state index is 14.6. The lowest BCUT2D eigenvalue weighted by Gasteiger charge is -2.30. The van der Waals surface area contributed by atoms with Gasteiger partial charge in [0, 0.05) is 35.7 Å². The fraction of sp³-hybridized carbons (Fsp3) is 0.296. The van der Waals surface area contributed by atoms with Crippen LogP contribution in [-0.2, 0) is 0 Å². The Labute approximate surface area is 204 Å². The highest BCUT2D eigenvalue weighted by Gasteiger charge is 2.22. The van der Waals surface area contributed by atoms with E-state index in [2.05, 4.69) is 27.1 Å². The lowest BCUT2D eigenvalue weighted by Crippen LogP contribution is -2.46. The predicted octanol–water partition coefficient (Wildman–Crippen LogP) is 4.37. The Kier molecular flexibility index (Phi) is 7.28. The van der Waals surface area contributed by atoms with E-state index in [0.717, 1.165) is 42.3 Å². The zero-order chi connectivity index (χ0) is 24.9. The molecule has 1 aliphatic rings. The maximum absolute atomic E-state index is 14.6. The van der Waals surface area contributed by atoms with Crippen molar-refractivity contribution in [1.29, 1.82) is 5.26 Å². The minimum absolute atomic E-state index is 0.0314. The van der Waals surface area contributed by atoms with E-state index < -0.39 is 11.7 Å². The van der Waals surface area contributed by atoms with E-state index in [9.17, 15) is 9.18 Å². The number of nitrogens with zero attached hydrogens (tertiary/aromatic N) is 3. The van der Waals surface area contributed by atoms with Crippen LogP contribution in [0.15, 0.2) is 54.6 Å². The lowest BCUT2D eigenvalue weighted by molar-refractivity contribution is 0.0903. The second kappa shape index (κ2) is 10.5. The fourth-order valence-corrected chi connectivity index (χ4v) is 4.35. The van der Waals surface area contributed by atoms with Crippen molar-refractivity contribution in [2.75, 3.05) is 39.1 Å². The molecule has 1 aromatic heterocycles. The number of hydrogen-bond donors (Lipinski definition) is 2. The van der Waals surface area contributed by atoms with Crippen LogP contribution in [0.25, 0.3) is 22.0 Å². The van der Waals surface area contributed by atoms with Crippen molar-refractivity contribution in [2.24, 2.45) is 0 Å². The Morgan fingerprint density at radius 1 is 1.31 bits per heavy atom. The smallest absolute Gasteiger partial charge is 0.273 e. The number of amides is 1. The molecule has 0 saturated carbocycles. The topological polar surface area (TPSA) is 90.3 Å². The number of methoxy groups -OCH3 is 1. The minimum Gasteiger partial charge on any atom is -0.495 e. The summed E-state index contributed by atoms with van der Waals surface area (Å²) in [6.07, 6.45) is 1.84. The summed E-state index contributed by atoms with van der Waals surface area (Å²) in [5, 5.41) is 17.0. The van der Waals surface area contributed by atoms with Gasteiger partial charge in [0.15, 0.2) is 11.5 Å². The Balaban J connectivity index is 1.67. The number of anilines is 1. The van der Waals surface area contributed by atoms with Gasteiger partial charge in [0.2, 0.25) is 0 Å². The summed E-state index contributed by atoms with van der Waals surface area (Å²) < 4.78 is 20.1. The number of piperidine rings is 1. The fourth-order valence-electron chi connectivity index (χ4n) is 4.35. The van der Waals surface area contributed by atoms with Crippen LogP contribution in [0.1, 0.15) is 23.3 Å². The molecule has 0 spiro atoms. The maximum Gasteiger partial charge on any atom is 0.273 e. The molecule has 0 radical (unpaired) electrons. The van der Waals surface area contributed by atoms with Crippen LogP contribution in [0.5, 0.6) is 5.75 Å². The van der Waals surface area contributed by atoms with E-state index in [0.29, 0.717) is 22.7 Å². The molecule has 8 heteroatoms. The monoisotopic (exact) mass is 473 g/mol. The number of hydrogen-bond acceptors (Lipinski definition) is 6. The third-order valence-electron chi connectivity index (χ3n) is 6.16. The number of aromatic nitrogens is 1. The molecule has 35 heavy (non-hydrogen) atoms. The average molecular weight is 474 g/mol. The number of benzene rings is 2. The molecule has 2 aromatic carbocycles. The Hall–Kier alpha value is -3.96. The summed E-state index contributed by atoms with van der Waals surface area (Å²) in [6.45, 7) is 5.71.